The van der Waals surface area contributed by atoms with Gasteiger partial charge in [0.1, 0.15) is 0 Å². The number of ketones is 1. The molecule has 0 aliphatic heterocycles. The van der Waals surface area contributed by atoms with Crippen LogP contribution in [0.1, 0.15) is 35.3 Å². The largest absolute Gasteiger partial charge is 0.416 e. The van der Waals surface area contributed by atoms with Gasteiger partial charge in [0.2, 0.25) is 5.91 Å². The number of alkyl halides is 3. The maximum Gasteiger partial charge on any atom is 0.416 e. The number of Topliss-reactive ketones (excluding diaryl/α,β-unsaturated/α-hetero) is 1. The van der Waals surface area contributed by atoms with E-state index in [9.17, 15) is 22.8 Å². The van der Waals surface area contributed by atoms with Crippen molar-refractivity contribution in [3.05, 3.63) is 65.2 Å². The molecule has 0 spiro atoms. The summed E-state index contributed by atoms with van der Waals surface area (Å²) in [5.41, 5.74) is 1.10. The Morgan fingerprint density at radius 3 is 2.07 bits per heavy atom. The van der Waals surface area contributed by atoms with E-state index in [0.29, 0.717) is 23.4 Å². The summed E-state index contributed by atoms with van der Waals surface area (Å²) in [6, 6.07) is 10.9. The minimum Gasteiger partial charge on any atom is -0.325 e. The Kier molecular flexibility index (Phi) is 6.38. The van der Waals surface area contributed by atoms with E-state index in [2.05, 4.69) is 5.32 Å². The molecule has 0 saturated heterocycles. The highest BCUT2D eigenvalue weighted by Crippen LogP contribution is 2.29. The number of hydrogen-bond donors (Lipinski definition) is 1. The van der Waals surface area contributed by atoms with E-state index in [-0.39, 0.29) is 11.7 Å². The Labute approximate surface area is 156 Å². The van der Waals surface area contributed by atoms with Crippen molar-refractivity contribution in [2.45, 2.75) is 32.6 Å². The van der Waals surface area contributed by atoms with E-state index < -0.39 is 17.8 Å². The van der Waals surface area contributed by atoms with Crippen LogP contribution in [-0.2, 0) is 17.5 Å². The minimum atomic E-state index is -4.37. The van der Waals surface area contributed by atoms with Gasteiger partial charge in [-0.15, -0.1) is 0 Å². The first kappa shape index (κ1) is 20.6. The van der Waals surface area contributed by atoms with Gasteiger partial charge in [-0.2, -0.15) is 13.2 Å². The van der Waals surface area contributed by atoms with Crippen LogP contribution in [0.15, 0.2) is 48.5 Å². The molecule has 1 atom stereocenters. The molecular formula is C20H21F3N2O2. The molecule has 0 bridgehead atoms. The van der Waals surface area contributed by atoms with Crippen molar-refractivity contribution >= 4 is 17.4 Å². The summed E-state index contributed by atoms with van der Waals surface area (Å²) in [5.74, 6) is -0.308. The van der Waals surface area contributed by atoms with Crippen LogP contribution in [0.2, 0.25) is 0 Å². The lowest BCUT2D eigenvalue weighted by molar-refractivity contribution is -0.137. The minimum absolute atomic E-state index is 0.0579. The number of benzene rings is 2. The molecule has 0 aliphatic rings. The number of anilines is 1. The number of carbonyl (C=O) groups is 2. The van der Waals surface area contributed by atoms with Crippen molar-refractivity contribution in [2.75, 3.05) is 12.4 Å². The van der Waals surface area contributed by atoms with Crippen LogP contribution >= 0.6 is 0 Å². The normalized spacial score (nSPS) is 12.7. The Balaban J connectivity index is 1.96. The summed E-state index contributed by atoms with van der Waals surface area (Å²) >= 11 is 0. The van der Waals surface area contributed by atoms with E-state index in [4.69, 9.17) is 0 Å². The molecule has 144 valence electrons. The quantitative estimate of drug-likeness (QED) is 0.760. The van der Waals surface area contributed by atoms with Gasteiger partial charge in [-0.05, 0) is 62.9 Å². The van der Waals surface area contributed by atoms with Gasteiger partial charge in [0, 0.05) is 17.8 Å². The number of rotatable bonds is 6. The molecule has 0 radical (unpaired) electrons. The number of nitrogens with zero attached hydrogens (tertiary/aromatic N) is 1. The van der Waals surface area contributed by atoms with Crippen molar-refractivity contribution in [1.29, 1.82) is 0 Å². The molecule has 0 saturated carbocycles. The Morgan fingerprint density at radius 1 is 1.04 bits per heavy atom. The van der Waals surface area contributed by atoms with Gasteiger partial charge < -0.3 is 5.32 Å². The zero-order valence-corrected chi connectivity index (χ0v) is 15.3. The molecule has 2 aromatic carbocycles. The number of likely N-dealkylation sites (N-methyl/N-ethyl adjacent to an activating group) is 1. The highest BCUT2D eigenvalue weighted by atomic mass is 19.4. The molecule has 0 heterocycles. The predicted octanol–water partition coefficient (Wildman–Crippen LogP) is 4.37. The number of halogens is 3. The van der Waals surface area contributed by atoms with Crippen LogP contribution in [0.3, 0.4) is 0 Å². The number of carbonyl (C=O) groups excluding carboxylic acids is 2. The molecule has 1 N–H and O–H groups in total. The fraction of sp³-hybridized carbons (Fsp3) is 0.300. The zero-order valence-electron chi connectivity index (χ0n) is 15.3. The lowest BCUT2D eigenvalue weighted by Crippen LogP contribution is -2.39. The van der Waals surface area contributed by atoms with Crippen LogP contribution in [0.4, 0.5) is 18.9 Å². The maximum atomic E-state index is 12.6. The first-order chi connectivity index (χ1) is 12.6. The van der Waals surface area contributed by atoms with Crippen molar-refractivity contribution in [3.8, 4) is 0 Å². The van der Waals surface area contributed by atoms with Crippen LogP contribution in [-0.4, -0.2) is 29.7 Å². The van der Waals surface area contributed by atoms with E-state index in [1.165, 1.54) is 19.1 Å². The Morgan fingerprint density at radius 2 is 1.59 bits per heavy atom. The highest BCUT2D eigenvalue weighted by Gasteiger charge is 2.30. The summed E-state index contributed by atoms with van der Waals surface area (Å²) in [6.07, 6.45) is -4.37. The Hall–Kier alpha value is -2.67. The lowest BCUT2D eigenvalue weighted by Gasteiger charge is -2.24. The molecule has 0 aromatic heterocycles. The van der Waals surface area contributed by atoms with Crippen LogP contribution in [0.5, 0.6) is 0 Å². The van der Waals surface area contributed by atoms with Gasteiger partial charge in [0.15, 0.2) is 5.78 Å². The Bertz CT molecular complexity index is 799. The third kappa shape index (κ3) is 5.65. The van der Waals surface area contributed by atoms with Crippen molar-refractivity contribution in [3.63, 3.8) is 0 Å². The molecule has 0 unspecified atom stereocenters. The summed E-state index contributed by atoms with van der Waals surface area (Å²) in [4.78, 5) is 25.4. The molecule has 2 rings (SSSR count). The standard InChI is InChI=1S/C20H21F3N2O2/c1-13(19(27)24-18-10-6-16(7-11-18)14(2)26)25(3)12-15-4-8-17(9-5-15)20(21,22)23/h4-11,13H,12H2,1-3H3,(H,24,27)/t13-/m1/s1. The maximum absolute atomic E-state index is 12.6. The number of nitrogens with one attached hydrogen (secondary N) is 1. The van der Waals surface area contributed by atoms with E-state index in [0.717, 1.165) is 12.1 Å². The molecular weight excluding hydrogens is 357 g/mol. The smallest absolute Gasteiger partial charge is 0.325 e. The molecule has 7 heteroatoms. The molecule has 0 aliphatic carbocycles. The van der Waals surface area contributed by atoms with Crippen LogP contribution < -0.4 is 5.32 Å². The number of amides is 1. The molecule has 27 heavy (non-hydrogen) atoms. The first-order valence-electron chi connectivity index (χ1n) is 8.36. The topological polar surface area (TPSA) is 49.4 Å². The SMILES string of the molecule is CC(=O)c1ccc(NC(=O)[C@@H](C)N(C)Cc2ccc(C(F)(F)F)cc2)cc1. The van der Waals surface area contributed by atoms with Crippen LogP contribution in [0, 0.1) is 0 Å². The lowest BCUT2D eigenvalue weighted by atomic mass is 10.1. The summed E-state index contributed by atoms with van der Waals surface area (Å²) in [6.45, 7) is 3.51. The summed E-state index contributed by atoms with van der Waals surface area (Å²) < 4.78 is 37.8. The second-order valence-electron chi connectivity index (χ2n) is 6.41. The number of hydrogen-bond acceptors (Lipinski definition) is 3. The van der Waals surface area contributed by atoms with E-state index in [1.807, 2.05) is 0 Å². The monoisotopic (exact) mass is 378 g/mol. The van der Waals surface area contributed by atoms with Crippen LogP contribution in [0.25, 0.3) is 0 Å². The van der Waals surface area contributed by atoms with Gasteiger partial charge in [-0.25, -0.2) is 0 Å². The van der Waals surface area contributed by atoms with Gasteiger partial charge in [-0.1, -0.05) is 12.1 Å². The molecule has 4 nitrogen and oxygen atoms in total. The fourth-order valence-corrected chi connectivity index (χ4v) is 2.46. The third-order valence-electron chi connectivity index (χ3n) is 4.31. The second kappa shape index (κ2) is 8.35. The predicted molar refractivity (Wildman–Crippen MR) is 97.4 cm³/mol. The van der Waals surface area contributed by atoms with Gasteiger partial charge in [0.05, 0.1) is 11.6 Å². The molecule has 1 amide bonds. The van der Waals surface area contributed by atoms with E-state index >= 15 is 0 Å². The average Bonchev–Trinajstić information content (AvgIpc) is 2.61. The van der Waals surface area contributed by atoms with E-state index in [1.54, 1.807) is 43.1 Å². The van der Waals surface area contributed by atoms with Crippen molar-refractivity contribution in [2.24, 2.45) is 0 Å². The third-order valence-corrected chi connectivity index (χ3v) is 4.31. The first-order valence-corrected chi connectivity index (χ1v) is 8.36. The molecule has 0 fully saturated rings. The van der Waals surface area contributed by atoms with Gasteiger partial charge in [0.25, 0.3) is 0 Å². The average molecular weight is 378 g/mol. The van der Waals surface area contributed by atoms with Gasteiger partial charge in [-0.3, -0.25) is 14.5 Å². The summed E-state index contributed by atoms with van der Waals surface area (Å²) in [5, 5.41) is 2.76. The van der Waals surface area contributed by atoms with Crippen molar-refractivity contribution in [1.82, 2.24) is 4.90 Å². The zero-order chi connectivity index (χ0) is 20.2. The molecule has 2 aromatic rings. The fourth-order valence-electron chi connectivity index (χ4n) is 2.46. The second-order valence-corrected chi connectivity index (χ2v) is 6.41. The van der Waals surface area contributed by atoms with Gasteiger partial charge >= 0.3 is 6.18 Å². The summed E-state index contributed by atoms with van der Waals surface area (Å²) in [7, 11) is 1.72. The highest BCUT2D eigenvalue weighted by molar-refractivity contribution is 5.96. The van der Waals surface area contributed by atoms with Crippen molar-refractivity contribution < 1.29 is 22.8 Å².